The number of ketones is 1. The van der Waals surface area contributed by atoms with Crippen molar-refractivity contribution in [2.45, 2.75) is 70.8 Å². The van der Waals surface area contributed by atoms with E-state index < -0.39 is 6.04 Å². The zero-order valence-electron chi connectivity index (χ0n) is 24.3. The van der Waals surface area contributed by atoms with Crippen LogP contribution in [-0.4, -0.2) is 39.5 Å². The number of aromatic nitrogens is 2. The van der Waals surface area contributed by atoms with Gasteiger partial charge in [-0.25, -0.2) is 0 Å². The van der Waals surface area contributed by atoms with E-state index in [4.69, 9.17) is 5.73 Å². The van der Waals surface area contributed by atoms with Gasteiger partial charge in [-0.15, -0.1) is 0 Å². The molecule has 2 saturated carbocycles. The van der Waals surface area contributed by atoms with Crippen molar-refractivity contribution >= 4 is 28.9 Å². The molecule has 2 fully saturated rings. The molecule has 7 nitrogen and oxygen atoms in total. The van der Waals surface area contributed by atoms with E-state index in [2.05, 4.69) is 56.1 Å². The molecule has 3 heterocycles. The van der Waals surface area contributed by atoms with E-state index in [1.165, 1.54) is 37.8 Å². The lowest BCUT2D eigenvalue weighted by Crippen LogP contribution is -2.36. The Kier molecular flexibility index (Phi) is 8.23. The Morgan fingerprint density at radius 1 is 1.10 bits per heavy atom. The number of carbonyl (C=O) groups is 2. The number of anilines is 1. The number of amides is 1. The summed E-state index contributed by atoms with van der Waals surface area (Å²) < 4.78 is 2.21. The van der Waals surface area contributed by atoms with Crippen molar-refractivity contribution < 1.29 is 9.59 Å². The number of nitrogens with zero attached hydrogens (tertiary/aromatic N) is 3. The molecule has 1 aliphatic heterocycles. The first-order chi connectivity index (χ1) is 20.5. The smallest absolute Gasteiger partial charge is 0.220 e. The zero-order chi connectivity index (χ0) is 29.1. The highest BCUT2D eigenvalue weighted by molar-refractivity contribution is 6.15. The molecular formula is C35H39N5O2. The summed E-state index contributed by atoms with van der Waals surface area (Å²) in [5, 5.41) is 3.57. The summed E-state index contributed by atoms with van der Waals surface area (Å²) >= 11 is 0. The maximum atomic E-state index is 13.3. The van der Waals surface area contributed by atoms with Gasteiger partial charge in [0, 0.05) is 59.2 Å². The number of pyridine rings is 1. The van der Waals surface area contributed by atoms with Crippen molar-refractivity contribution in [3.8, 4) is 11.8 Å². The number of nitrogens with two attached hydrogens (primary N) is 1. The van der Waals surface area contributed by atoms with Crippen LogP contribution in [0, 0.1) is 29.6 Å². The van der Waals surface area contributed by atoms with E-state index in [1.807, 2.05) is 25.1 Å². The van der Waals surface area contributed by atoms with Crippen molar-refractivity contribution in [1.29, 1.82) is 0 Å². The molecule has 0 bridgehead atoms. The number of allylic oxidation sites excluding steroid dienone is 5. The highest BCUT2D eigenvalue weighted by Crippen LogP contribution is 2.39. The number of carbonyl (C=O) groups excluding carboxylic acids is 2. The number of aliphatic imine (C=N–C) groups is 1. The summed E-state index contributed by atoms with van der Waals surface area (Å²) in [5.41, 5.74) is 11.4. The van der Waals surface area contributed by atoms with Crippen LogP contribution in [0.4, 0.5) is 5.82 Å². The van der Waals surface area contributed by atoms with Crippen molar-refractivity contribution in [2.24, 2.45) is 28.5 Å². The van der Waals surface area contributed by atoms with Gasteiger partial charge in [0.15, 0.2) is 5.78 Å². The van der Waals surface area contributed by atoms with Gasteiger partial charge in [-0.2, -0.15) is 0 Å². The molecule has 2 aromatic rings. The fraction of sp³-hybridized carbons (Fsp3) is 0.429. The van der Waals surface area contributed by atoms with E-state index in [9.17, 15) is 9.59 Å². The fourth-order valence-electron chi connectivity index (χ4n) is 6.96. The Hall–Kier alpha value is -4.18. The van der Waals surface area contributed by atoms with Gasteiger partial charge in [0.2, 0.25) is 5.91 Å². The first-order valence-corrected chi connectivity index (χ1v) is 15.3. The number of dihydropyridines is 1. The third-order valence-electron chi connectivity index (χ3n) is 9.27. The summed E-state index contributed by atoms with van der Waals surface area (Å²) in [6.07, 6.45) is 19.5. The first-order valence-electron chi connectivity index (χ1n) is 15.3. The average Bonchev–Trinajstić information content (AvgIpc) is 3.49. The maximum absolute atomic E-state index is 13.3. The predicted molar refractivity (Wildman–Crippen MR) is 167 cm³/mol. The van der Waals surface area contributed by atoms with E-state index in [-0.39, 0.29) is 17.6 Å². The molecule has 0 aromatic carbocycles. The lowest BCUT2D eigenvalue weighted by Gasteiger charge is -2.32. The molecule has 0 spiro atoms. The summed E-state index contributed by atoms with van der Waals surface area (Å²) in [7, 11) is 0. The van der Waals surface area contributed by atoms with Crippen molar-refractivity contribution in [3.63, 3.8) is 0 Å². The Balaban J connectivity index is 1.27. The molecule has 4 aliphatic rings. The van der Waals surface area contributed by atoms with Gasteiger partial charge in [0.25, 0.3) is 0 Å². The predicted octanol–water partition coefficient (Wildman–Crippen LogP) is 5.71. The van der Waals surface area contributed by atoms with Gasteiger partial charge >= 0.3 is 0 Å². The van der Waals surface area contributed by atoms with Crippen LogP contribution in [0.25, 0.3) is 5.70 Å². The molecule has 3 N–H and O–H groups in total. The van der Waals surface area contributed by atoms with Crippen molar-refractivity contribution in [1.82, 2.24) is 9.55 Å². The monoisotopic (exact) mass is 561 g/mol. The van der Waals surface area contributed by atoms with Crippen molar-refractivity contribution in [3.05, 3.63) is 77.3 Å². The quantitative estimate of drug-likeness (QED) is 0.441. The molecule has 2 aromatic heterocycles. The fourth-order valence-corrected chi connectivity index (χ4v) is 6.96. The van der Waals surface area contributed by atoms with Crippen LogP contribution in [0.1, 0.15) is 70.3 Å². The normalized spacial score (nSPS) is 24.5. The number of fused-ring (bicyclic) bond motifs is 1. The first kappa shape index (κ1) is 28.0. The van der Waals surface area contributed by atoms with Crippen LogP contribution in [0.15, 0.2) is 76.7 Å². The van der Waals surface area contributed by atoms with Gasteiger partial charge in [-0.1, -0.05) is 37.2 Å². The minimum Gasteiger partial charge on any atom is -0.369 e. The maximum Gasteiger partial charge on any atom is 0.220 e. The summed E-state index contributed by atoms with van der Waals surface area (Å²) in [5.74, 6) is 8.27. The molecule has 1 amide bonds. The van der Waals surface area contributed by atoms with Crippen LogP contribution >= 0.6 is 0 Å². The van der Waals surface area contributed by atoms with Gasteiger partial charge in [0.1, 0.15) is 11.9 Å². The number of Topliss-reactive ketones (excluding diaryl/α,β-unsaturated/α-hetero) is 1. The van der Waals surface area contributed by atoms with Gasteiger partial charge in [-0.3, -0.25) is 19.6 Å². The van der Waals surface area contributed by atoms with Crippen LogP contribution in [0.3, 0.4) is 0 Å². The Morgan fingerprint density at radius 3 is 2.69 bits per heavy atom. The van der Waals surface area contributed by atoms with Crippen LogP contribution in [0.2, 0.25) is 0 Å². The number of hydrogen-bond donors (Lipinski definition) is 2. The van der Waals surface area contributed by atoms with Gasteiger partial charge in [-0.05, 0) is 93.2 Å². The highest BCUT2D eigenvalue weighted by atomic mass is 16.1. The standard InChI is InChI=1S/C35H39N5O2/c1-23-34(41)31(30-21-27(35(36)42)11-12-32(30)39-23)22-38-33-8-5-17-40(33)29-19-25(10-9-24-13-15-37-16-14-24)18-28(20-29)26-6-3-2-4-7-26/h5,8,13-19,23,26-28,38H,2-4,6-7,11-12,20-22H2,1H3,(H2,36,42). The Morgan fingerprint density at radius 2 is 1.90 bits per heavy atom. The second-order valence-electron chi connectivity index (χ2n) is 12.0. The van der Waals surface area contributed by atoms with Crippen LogP contribution in [0.5, 0.6) is 0 Å². The lowest BCUT2D eigenvalue weighted by atomic mass is 9.75. The third kappa shape index (κ3) is 6.04. The average molecular weight is 562 g/mol. The largest absolute Gasteiger partial charge is 0.369 e. The van der Waals surface area contributed by atoms with E-state index in [0.29, 0.717) is 37.6 Å². The molecule has 7 heteroatoms. The lowest BCUT2D eigenvalue weighted by molar-refractivity contribution is -0.122. The molecule has 6 rings (SSSR count). The second kappa shape index (κ2) is 12.4. The minimum absolute atomic E-state index is 0.0235. The number of rotatable bonds is 6. The van der Waals surface area contributed by atoms with Gasteiger partial charge in [0.05, 0.1) is 0 Å². The van der Waals surface area contributed by atoms with Gasteiger partial charge < -0.3 is 15.6 Å². The van der Waals surface area contributed by atoms with Crippen LogP contribution < -0.4 is 11.1 Å². The summed E-state index contributed by atoms with van der Waals surface area (Å²) in [4.78, 5) is 34.0. The summed E-state index contributed by atoms with van der Waals surface area (Å²) in [6, 6.07) is 7.57. The molecule has 3 atom stereocenters. The number of nitrogens with one attached hydrogen (secondary N) is 1. The highest BCUT2D eigenvalue weighted by Gasteiger charge is 2.34. The topological polar surface area (TPSA) is 102 Å². The molecule has 42 heavy (non-hydrogen) atoms. The molecular weight excluding hydrogens is 522 g/mol. The second-order valence-corrected chi connectivity index (χ2v) is 12.0. The SMILES string of the molecule is CC1N=C2CCC(C(N)=O)CC2=C(CNc2cccn2C2=CC(C#Cc3ccncc3)=CC(C3CCCCC3)C2)C1=O. The summed E-state index contributed by atoms with van der Waals surface area (Å²) in [6.45, 7) is 2.24. The third-order valence-corrected chi connectivity index (χ3v) is 9.27. The zero-order valence-corrected chi connectivity index (χ0v) is 24.3. The molecule has 0 saturated heterocycles. The molecule has 216 valence electrons. The molecule has 0 radical (unpaired) electrons. The van der Waals surface area contributed by atoms with E-state index in [0.717, 1.165) is 40.2 Å². The Labute approximate surface area is 248 Å². The van der Waals surface area contributed by atoms with Crippen molar-refractivity contribution in [2.75, 3.05) is 11.9 Å². The minimum atomic E-state index is -0.401. The molecule has 3 unspecified atom stereocenters. The Bertz CT molecular complexity index is 1540. The molecule has 3 aliphatic carbocycles. The van der Waals surface area contributed by atoms with E-state index >= 15 is 0 Å². The number of hydrogen-bond acceptors (Lipinski definition) is 5. The number of primary amides is 1. The van der Waals surface area contributed by atoms with Crippen LogP contribution in [-0.2, 0) is 9.59 Å². The van der Waals surface area contributed by atoms with E-state index in [1.54, 1.807) is 12.4 Å².